The van der Waals surface area contributed by atoms with Gasteiger partial charge < -0.3 is 19.8 Å². The fourth-order valence-electron chi connectivity index (χ4n) is 4.83. The summed E-state index contributed by atoms with van der Waals surface area (Å²) < 4.78 is 19.7. The molecule has 8 heteroatoms. The molecule has 0 saturated carbocycles. The standard InChI is InChI=1S/C26H37FN4O3/c1-26(2,27)18-30-12-9-19(10-13-30)17-34-24-15-28-23(14-29-24)20-5-7-21(8-6-20)25(33)31-11-3-4-22(32)16-31/h5-8,14-15,19,22,25,32-33H,3-4,9-13,16-18H2,1-2H3/t22-,25+/m0/s1. The molecule has 2 aliphatic heterocycles. The summed E-state index contributed by atoms with van der Waals surface area (Å²) in [7, 11) is 0. The number of β-amino-alcohol motifs (C(OH)–C–C–N with tert-alkyl or cyclic N) is 1. The molecule has 1 aromatic heterocycles. The highest BCUT2D eigenvalue weighted by molar-refractivity contribution is 5.58. The first-order valence-corrected chi connectivity index (χ1v) is 12.3. The number of alkyl halides is 1. The maximum Gasteiger partial charge on any atom is 0.232 e. The second-order valence-electron chi connectivity index (χ2n) is 10.3. The number of nitrogens with zero attached hydrogens (tertiary/aromatic N) is 4. The molecule has 186 valence electrons. The molecule has 0 spiro atoms. The Kier molecular flexibility index (Phi) is 8.14. The largest absolute Gasteiger partial charge is 0.476 e. The van der Waals surface area contributed by atoms with Crippen molar-refractivity contribution in [3.05, 3.63) is 42.2 Å². The Bertz CT molecular complexity index is 896. The minimum Gasteiger partial charge on any atom is -0.476 e. The van der Waals surface area contributed by atoms with E-state index in [1.165, 1.54) is 0 Å². The van der Waals surface area contributed by atoms with Gasteiger partial charge in [0.2, 0.25) is 5.88 Å². The monoisotopic (exact) mass is 472 g/mol. The van der Waals surface area contributed by atoms with Crippen LogP contribution in [0.5, 0.6) is 5.88 Å². The van der Waals surface area contributed by atoms with Crippen LogP contribution in [0.2, 0.25) is 0 Å². The second-order valence-corrected chi connectivity index (χ2v) is 10.3. The molecule has 2 atom stereocenters. The molecular formula is C26H37FN4O3. The summed E-state index contributed by atoms with van der Waals surface area (Å²) in [5.74, 6) is 0.951. The predicted octanol–water partition coefficient (Wildman–Crippen LogP) is 3.43. The van der Waals surface area contributed by atoms with Gasteiger partial charge in [0.1, 0.15) is 11.9 Å². The Morgan fingerprint density at radius 3 is 2.44 bits per heavy atom. The second kappa shape index (κ2) is 11.1. The molecule has 7 nitrogen and oxygen atoms in total. The van der Waals surface area contributed by atoms with E-state index >= 15 is 0 Å². The van der Waals surface area contributed by atoms with Crippen LogP contribution in [0.1, 0.15) is 51.3 Å². The van der Waals surface area contributed by atoms with Gasteiger partial charge in [-0.2, -0.15) is 0 Å². The minimum atomic E-state index is -1.16. The van der Waals surface area contributed by atoms with E-state index in [2.05, 4.69) is 14.9 Å². The Labute approximate surface area is 201 Å². The van der Waals surface area contributed by atoms with Gasteiger partial charge >= 0.3 is 0 Å². The maximum absolute atomic E-state index is 13.8. The van der Waals surface area contributed by atoms with Crippen molar-refractivity contribution in [1.29, 1.82) is 0 Å². The predicted molar refractivity (Wildman–Crippen MR) is 129 cm³/mol. The topological polar surface area (TPSA) is 82.0 Å². The van der Waals surface area contributed by atoms with Gasteiger partial charge in [-0.05, 0) is 64.1 Å². The van der Waals surface area contributed by atoms with Crippen molar-refractivity contribution in [1.82, 2.24) is 19.8 Å². The number of hydrogen-bond acceptors (Lipinski definition) is 7. The number of aliphatic hydroxyl groups is 2. The average Bonchev–Trinajstić information content (AvgIpc) is 2.83. The third kappa shape index (κ3) is 6.95. The third-order valence-corrected chi connectivity index (χ3v) is 6.68. The first kappa shape index (κ1) is 25.0. The summed E-state index contributed by atoms with van der Waals surface area (Å²) in [4.78, 5) is 13.0. The molecule has 4 rings (SSSR count). The van der Waals surface area contributed by atoms with Crippen molar-refractivity contribution in [3.63, 3.8) is 0 Å². The normalized spacial score (nSPS) is 22.0. The van der Waals surface area contributed by atoms with E-state index in [9.17, 15) is 14.6 Å². The lowest BCUT2D eigenvalue weighted by molar-refractivity contribution is -0.0455. The van der Waals surface area contributed by atoms with Crippen LogP contribution in [-0.4, -0.2) is 81.1 Å². The number of piperidine rings is 2. The van der Waals surface area contributed by atoms with E-state index < -0.39 is 11.9 Å². The van der Waals surface area contributed by atoms with Crippen molar-refractivity contribution < 1.29 is 19.3 Å². The molecule has 1 aromatic carbocycles. The molecule has 0 radical (unpaired) electrons. The van der Waals surface area contributed by atoms with Crippen LogP contribution in [0.25, 0.3) is 11.3 Å². The maximum atomic E-state index is 13.8. The summed E-state index contributed by atoms with van der Waals surface area (Å²) in [6.45, 7) is 7.40. The van der Waals surface area contributed by atoms with Crippen LogP contribution in [0, 0.1) is 5.92 Å². The number of benzene rings is 1. The summed E-state index contributed by atoms with van der Waals surface area (Å²) in [6.07, 6.45) is 5.92. The quantitative estimate of drug-likeness (QED) is 0.609. The summed E-state index contributed by atoms with van der Waals surface area (Å²) >= 11 is 0. The molecule has 2 aliphatic rings. The van der Waals surface area contributed by atoms with Crippen molar-refractivity contribution in [2.75, 3.05) is 39.3 Å². The van der Waals surface area contributed by atoms with Crippen LogP contribution in [0.15, 0.2) is 36.7 Å². The Morgan fingerprint density at radius 1 is 1.09 bits per heavy atom. The number of rotatable bonds is 8. The van der Waals surface area contributed by atoms with Crippen molar-refractivity contribution in [2.45, 2.75) is 57.5 Å². The highest BCUT2D eigenvalue weighted by atomic mass is 19.1. The van der Waals surface area contributed by atoms with E-state index in [-0.39, 0.29) is 6.10 Å². The van der Waals surface area contributed by atoms with Gasteiger partial charge in [0.25, 0.3) is 0 Å². The van der Waals surface area contributed by atoms with Crippen LogP contribution >= 0.6 is 0 Å². The molecule has 3 heterocycles. The Balaban J connectivity index is 1.26. The molecule has 0 amide bonds. The lowest BCUT2D eigenvalue weighted by Crippen LogP contribution is -2.41. The highest BCUT2D eigenvalue weighted by Gasteiger charge is 2.26. The van der Waals surface area contributed by atoms with E-state index in [1.807, 2.05) is 29.2 Å². The zero-order chi connectivity index (χ0) is 24.1. The van der Waals surface area contributed by atoms with E-state index in [0.29, 0.717) is 31.5 Å². The molecule has 0 aliphatic carbocycles. The number of halogens is 1. The molecule has 34 heavy (non-hydrogen) atoms. The minimum absolute atomic E-state index is 0.375. The molecule has 2 N–H and O–H groups in total. The Morgan fingerprint density at radius 2 is 1.82 bits per heavy atom. The van der Waals surface area contributed by atoms with Gasteiger partial charge in [0.05, 0.1) is 30.8 Å². The van der Waals surface area contributed by atoms with Crippen LogP contribution in [-0.2, 0) is 0 Å². The fraction of sp³-hybridized carbons (Fsp3) is 0.615. The van der Waals surface area contributed by atoms with Gasteiger partial charge in [0, 0.05) is 25.2 Å². The molecular weight excluding hydrogens is 435 g/mol. The molecule has 0 unspecified atom stereocenters. The Hall–Kier alpha value is -2.13. The summed E-state index contributed by atoms with van der Waals surface area (Å²) in [5, 5.41) is 20.5. The van der Waals surface area contributed by atoms with Gasteiger partial charge in [0.15, 0.2) is 0 Å². The number of aromatic nitrogens is 2. The van der Waals surface area contributed by atoms with Crippen molar-refractivity contribution >= 4 is 0 Å². The third-order valence-electron chi connectivity index (χ3n) is 6.68. The van der Waals surface area contributed by atoms with E-state index in [1.54, 1.807) is 26.2 Å². The van der Waals surface area contributed by atoms with Gasteiger partial charge in [-0.25, -0.2) is 14.4 Å². The van der Waals surface area contributed by atoms with Crippen molar-refractivity contribution in [3.8, 4) is 17.1 Å². The number of hydrogen-bond donors (Lipinski definition) is 2. The first-order chi connectivity index (χ1) is 16.3. The summed E-state index contributed by atoms with van der Waals surface area (Å²) in [6, 6.07) is 7.64. The number of aliphatic hydroxyl groups excluding tert-OH is 2. The average molecular weight is 473 g/mol. The zero-order valence-corrected chi connectivity index (χ0v) is 20.2. The SMILES string of the molecule is CC(C)(F)CN1CCC(COc2cnc(-c3ccc([C@@H](O)N4CCC[C@H](O)C4)cc3)cn2)CC1. The summed E-state index contributed by atoms with van der Waals surface area (Å²) in [5.41, 5.74) is 1.30. The molecule has 0 bridgehead atoms. The highest BCUT2D eigenvalue weighted by Crippen LogP contribution is 2.26. The van der Waals surface area contributed by atoms with Crippen LogP contribution < -0.4 is 4.74 Å². The lowest BCUT2D eigenvalue weighted by Gasteiger charge is -2.34. The van der Waals surface area contributed by atoms with Crippen LogP contribution in [0.3, 0.4) is 0 Å². The van der Waals surface area contributed by atoms with Crippen molar-refractivity contribution in [2.24, 2.45) is 5.92 Å². The molecule has 2 fully saturated rings. The number of likely N-dealkylation sites (tertiary alicyclic amines) is 2. The zero-order valence-electron chi connectivity index (χ0n) is 20.2. The molecule has 2 aromatic rings. The number of ether oxygens (including phenoxy) is 1. The van der Waals surface area contributed by atoms with Gasteiger partial charge in [-0.3, -0.25) is 4.90 Å². The van der Waals surface area contributed by atoms with Gasteiger partial charge in [-0.15, -0.1) is 0 Å². The first-order valence-electron chi connectivity index (χ1n) is 12.3. The fourth-order valence-corrected chi connectivity index (χ4v) is 4.83. The van der Waals surface area contributed by atoms with Gasteiger partial charge in [-0.1, -0.05) is 24.3 Å². The lowest BCUT2D eigenvalue weighted by atomic mass is 9.97. The molecule has 2 saturated heterocycles. The van der Waals surface area contributed by atoms with E-state index in [4.69, 9.17) is 4.74 Å². The van der Waals surface area contributed by atoms with E-state index in [0.717, 1.165) is 62.1 Å². The smallest absolute Gasteiger partial charge is 0.232 e. The van der Waals surface area contributed by atoms with Crippen LogP contribution in [0.4, 0.5) is 4.39 Å².